The van der Waals surface area contributed by atoms with Crippen molar-refractivity contribution in [2.75, 3.05) is 19.5 Å². The molecule has 5 nitrogen and oxygen atoms in total. The minimum atomic E-state index is -0.942. The molecule has 0 spiro atoms. The van der Waals surface area contributed by atoms with E-state index in [0.717, 1.165) is 0 Å². The number of carbonyl (C=O) groups is 2. The highest BCUT2D eigenvalue weighted by molar-refractivity contribution is 5.96. The van der Waals surface area contributed by atoms with Crippen molar-refractivity contribution in [3.8, 4) is 0 Å². The van der Waals surface area contributed by atoms with E-state index in [1.165, 1.54) is 21.1 Å². The van der Waals surface area contributed by atoms with Gasteiger partial charge in [-0.2, -0.15) is 0 Å². The lowest BCUT2D eigenvalue weighted by Gasteiger charge is -2.13. The maximum atomic E-state index is 11.6. The molecule has 0 saturated carbocycles. The molecule has 0 heterocycles. The monoisotopic (exact) mass is 237 g/mol. The van der Waals surface area contributed by atoms with Crippen LogP contribution in [-0.4, -0.2) is 32.2 Å². The third-order valence-electron chi connectivity index (χ3n) is 2.20. The summed E-state index contributed by atoms with van der Waals surface area (Å²) in [5.74, 6) is -0.417. The summed E-state index contributed by atoms with van der Waals surface area (Å²) in [5.41, 5.74) is 1.18. The second-order valence-corrected chi connectivity index (χ2v) is 3.43. The van der Waals surface area contributed by atoms with Crippen LogP contribution >= 0.6 is 0 Å². The van der Waals surface area contributed by atoms with Crippen molar-refractivity contribution in [1.29, 1.82) is 0 Å². The minimum absolute atomic E-state index is 0.0189. The van der Waals surface area contributed by atoms with Crippen LogP contribution in [0, 0.1) is 0 Å². The quantitative estimate of drug-likeness (QED) is 0.621. The van der Waals surface area contributed by atoms with Gasteiger partial charge in [-0.05, 0) is 31.2 Å². The second-order valence-electron chi connectivity index (χ2n) is 3.43. The highest BCUT2D eigenvalue weighted by atomic mass is 16.7. The van der Waals surface area contributed by atoms with E-state index >= 15 is 0 Å². The molecule has 0 aliphatic rings. The van der Waals surface area contributed by atoms with Gasteiger partial charge in [0.1, 0.15) is 0 Å². The number of hydrogen-bond donors (Lipinski definition) is 1. The van der Waals surface area contributed by atoms with Crippen LogP contribution in [0.3, 0.4) is 0 Å². The van der Waals surface area contributed by atoms with Crippen molar-refractivity contribution >= 4 is 17.4 Å². The normalized spacial score (nSPS) is 10.4. The van der Waals surface area contributed by atoms with Gasteiger partial charge < -0.3 is 14.8 Å². The molecule has 0 aliphatic heterocycles. The average Bonchev–Trinajstić information content (AvgIpc) is 2.31. The first-order valence-electron chi connectivity index (χ1n) is 5.06. The van der Waals surface area contributed by atoms with Gasteiger partial charge in [0.2, 0.25) is 6.29 Å². The molecule has 1 N–H and O–H groups in total. The van der Waals surface area contributed by atoms with Gasteiger partial charge in [0, 0.05) is 25.5 Å². The number of benzene rings is 1. The zero-order chi connectivity index (χ0) is 12.8. The van der Waals surface area contributed by atoms with E-state index in [9.17, 15) is 9.59 Å². The molecule has 5 heteroatoms. The molecule has 1 aromatic carbocycles. The number of ketones is 1. The van der Waals surface area contributed by atoms with Crippen LogP contribution in [0.4, 0.5) is 5.69 Å². The first-order chi connectivity index (χ1) is 8.08. The van der Waals surface area contributed by atoms with Gasteiger partial charge >= 0.3 is 0 Å². The summed E-state index contributed by atoms with van der Waals surface area (Å²) in [6.45, 7) is 1.49. The fourth-order valence-corrected chi connectivity index (χ4v) is 1.30. The molecule has 0 fully saturated rings. The summed E-state index contributed by atoms with van der Waals surface area (Å²) in [6.07, 6.45) is -0.942. The topological polar surface area (TPSA) is 64.6 Å². The van der Waals surface area contributed by atoms with Crippen molar-refractivity contribution in [3.05, 3.63) is 29.8 Å². The zero-order valence-corrected chi connectivity index (χ0v) is 10.0. The van der Waals surface area contributed by atoms with Crippen LogP contribution in [-0.2, 0) is 14.3 Å². The standard InChI is InChI=1S/C12H15NO4/c1-8(14)9-4-6-10(7-5-9)13-11(15)12(16-2)17-3/h4-7,12H,1-3H3,(H,13,15). The van der Waals surface area contributed by atoms with Crippen LogP contribution in [0.25, 0.3) is 0 Å². The van der Waals surface area contributed by atoms with E-state index in [0.29, 0.717) is 11.3 Å². The van der Waals surface area contributed by atoms with Crippen molar-refractivity contribution in [3.63, 3.8) is 0 Å². The van der Waals surface area contributed by atoms with Gasteiger partial charge in [0.05, 0.1) is 0 Å². The summed E-state index contributed by atoms with van der Waals surface area (Å²) in [4.78, 5) is 22.6. The molecule has 1 amide bonds. The van der Waals surface area contributed by atoms with Crippen LogP contribution in [0.5, 0.6) is 0 Å². The Kier molecular flexibility index (Phi) is 4.81. The second kappa shape index (κ2) is 6.12. The predicted molar refractivity (Wildman–Crippen MR) is 62.9 cm³/mol. The summed E-state index contributed by atoms with van der Waals surface area (Å²) in [6, 6.07) is 6.59. The van der Waals surface area contributed by atoms with Crippen LogP contribution < -0.4 is 5.32 Å². The lowest BCUT2D eigenvalue weighted by molar-refractivity contribution is -0.153. The van der Waals surface area contributed by atoms with Gasteiger partial charge in [-0.1, -0.05) is 0 Å². The molecule has 92 valence electrons. The number of Topliss-reactive ketones (excluding diaryl/α,β-unsaturated/α-hetero) is 1. The van der Waals surface area contributed by atoms with Gasteiger partial charge in [0.15, 0.2) is 5.78 Å². The summed E-state index contributed by atoms with van der Waals surface area (Å²) >= 11 is 0. The van der Waals surface area contributed by atoms with Crippen LogP contribution in [0.2, 0.25) is 0 Å². The maximum Gasteiger partial charge on any atom is 0.281 e. The molecule has 0 unspecified atom stereocenters. The van der Waals surface area contributed by atoms with E-state index in [2.05, 4.69) is 5.32 Å². The predicted octanol–water partition coefficient (Wildman–Crippen LogP) is 1.45. The number of nitrogens with one attached hydrogen (secondary N) is 1. The third kappa shape index (κ3) is 3.65. The molecule has 1 aromatic rings. The number of anilines is 1. The largest absolute Gasteiger partial charge is 0.348 e. The first kappa shape index (κ1) is 13.3. The van der Waals surface area contributed by atoms with E-state index in [1.54, 1.807) is 24.3 Å². The number of carbonyl (C=O) groups excluding carboxylic acids is 2. The Morgan fingerprint density at radius 3 is 2.06 bits per heavy atom. The molecule has 0 saturated heterocycles. The number of amides is 1. The van der Waals surface area contributed by atoms with Crippen molar-refractivity contribution in [1.82, 2.24) is 0 Å². The SMILES string of the molecule is COC(OC)C(=O)Nc1ccc(C(C)=O)cc1. The zero-order valence-electron chi connectivity index (χ0n) is 10.0. The minimum Gasteiger partial charge on any atom is -0.348 e. The summed E-state index contributed by atoms with van der Waals surface area (Å²) in [5, 5.41) is 2.61. The molecular formula is C12H15NO4. The smallest absolute Gasteiger partial charge is 0.281 e. The molecule has 17 heavy (non-hydrogen) atoms. The van der Waals surface area contributed by atoms with E-state index in [-0.39, 0.29) is 5.78 Å². The molecule has 0 bridgehead atoms. The van der Waals surface area contributed by atoms with Crippen LogP contribution in [0.15, 0.2) is 24.3 Å². The lowest BCUT2D eigenvalue weighted by Crippen LogP contribution is -2.30. The summed E-state index contributed by atoms with van der Waals surface area (Å²) in [7, 11) is 2.76. The highest BCUT2D eigenvalue weighted by Crippen LogP contribution is 2.10. The van der Waals surface area contributed by atoms with Gasteiger partial charge in [-0.3, -0.25) is 9.59 Å². The number of ether oxygens (including phenoxy) is 2. The Hall–Kier alpha value is -1.72. The Morgan fingerprint density at radius 1 is 1.12 bits per heavy atom. The van der Waals surface area contributed by atoms with Gasteiger partial charge in [-0.25, -0.2) is 0 Å². The number of methoxy groups -OCH3 is 2. The third-order valence-corrected chi connectivity index (χ3v) is 2.20. The van der Waals surface area contributed by atoms with E-state index in [1.807, 2.05) is 0 Å². The fourth-order valence-electron chi connectivity index (χ4n) is 1.30. The van der Waals surface area contributed by atoms with Crippen molar-refractivity contribution in [2.45, 2.75) is 13.2 Å². The maximum absolute atomic E-state index is 11.6. The van der Waals surface area contributed by atoms with Crippen molar-refractivity contribution < 1.29 is 19.1 Å². The molecule has 0 radical (unpaired) electrons. The molecule has 0 atom stereocenters. The summed E-state index contributed by atoms with van der Waals surface area (Å²) < 4.78 is 9.61. The number of hydrogen-bond acceptors (Lipinski definition) is 4. The van der Waals surface area contributed by atoms with Crippen LogP contribution in [0.1, 0.15) is 17.3 Å². The molecular weight excluding hydrogens is 222 g/mol. The van der Waals surface area contributed by atoms with Gasteiger partial charge in [-0.15, -0.1) is 0 Å². The van der Waals surface area contributed by atoms with E-state index < -0.39 is 12.2 Å². The lowest BCUT2D eigenvalue weighted by atomic mass is 10.1. The molecule has 1 rings (SSSR count). The Balaban J connectivity index is 2.69. The van der Waals surface area contributed by atoms with E-state index in [4.69, 9.17) is 9.47 Å². The highest BCUT2D eigenvalue weighted by Gasteiger charge is 2.16. The Labute approximate surface area is 99.7 Å². The molecule has 0 aliphatic carbocycles. The fraction of sp³-hybridized carbons (Fsp3) is 0.333. The van der Waals surface area contributed by atoms with Crippen molar-refractivity contribution in [2.24, 2.45) is 0 Å². The Bertz CT molecular complexity index is 395. The first-order valence-corrected chi connectivity index (χ1v) is 5.06. The average molecular weight is 237 g/mol. The molecule has 0 aromatic heterocycles. The van der Waals surface area contributed by atoms with Gasteiger partial charge in [0.25, 0.3) is 5.91 Å². The number of rotatable bonds is 5. The Morgan fingerprint density at radius 2 is 1.65 bits per heavy atom.